The maximum Gasteiger partial charge on any atom is 0.324 e. The maximum atomic E-state index is 12.9. The molecule has 2 fully saturated rings. The van der Waals surface area contributed by atoms with Crippen LogP contribution in [0.3, 0.4) is 0 Å². The fourth-order valence-electron chi connectivity index (χ4n) is 5.33. The van der Waals surface area contributed by atoms with E-state index in [1.807, 2.05) is 49.4 Å². The molecule has 3 aromatic rings. The summed E-state index contributed by atoms with van der Waals surface area (Å²) < 4.78 is 1.79. The number of anilines is 2. The minimum absolute atomic E-state index is 0.151. The lowest BCUT2D eigenvalue weighted by atomic mass is 9.83. The highest BCUT2D eigenvalue weighted by molar-refractivity contribution is 5.99. The molecule has 0 atom stereocenters. The zero-order valence-electron chi connectivity index (χ0n) is 23.7. The summed E-state index contributed by atoms with van der Waals surface area (Å²) in [5.74, 6) is 1.89. The molecular formula is C32H41N5O2. The number of aromatic nitrogens is 2. The number of likely N-dealkylation sites (tertiary alicyclic amines) is 1. The Balaban J connectivity index is 1.17. The Bertz CT molecular complexity index is 1290. The lowest BCUT2D eigenvalue weighted by molar-refractivity contribution is -0.139. The average molecular weight is 528 g/mol. The third kappa shape index (κ3) is 6.52. The highest BCUT2D eigenvalue weighted by Crippen LogP contribution is 2.31. The molecule has 0 spiro atoms. The Morgan fingerprint density at radius 2 is 1.59 bits per heavy atom. The standard InChI is InChI=1S/C32H41N5O2/c1-22-8-14-27(15-9-22)37-29(21-28(35-37)32(2,3)4)34-31(39)33-26-12-10-23(11-13-26)20-24-16-18-36(19-17-24)30(38)25-6-5-7-25/h8-15,21,24-25H,5-7,16-20H2,1-4H3,(H2,33,34,39). The number of amides is 3. The Morgan fingerprint density at radius 3 is 2.18 bits per heavy atom. The van der Waals surface area contributed by atoms with Gasteiger partial charge < -0.3 is 10.2 Å². The second-order valence-electron chi connectivity index (χ2n) is 12.3. The van der Waals surface area contributed by atoms with Gasteiger partial charge >= 0.3 is 6.03 Å². The van der Waals surface area contributed by atoms with Gasteiger partial charge in [0.2, 0.25) is 5.91 Å². The Morgan fingerprint density at radius 1 is 0.923 bits per heavy atom. The van der Waals surface area contributed by atoms with Gasteiger partial charge in [0.1, 0.15) is 5.82 Å². The van der Waals surface area contributed by atoms with Gasteiger partial charge in [-0.3, -0.25) is 10.1 Å². The summed E-state index contributed by atoms with van der Waals surface area (Å²) in [6.07, 6.45) is 6.48. The molecule has 2 aliphatic rings. The summed E-state index contributed by atoms with van der Waals surface area (Å²) in [6.45, 7) is 10.1. The van der Waals surface area contributed by atoms with Crippen molar-refractivity contribution in [2.75, 3.05) is 23.7 Å². The van der Waals surface area contributed by atoms with E-state index in [2.05, 4.69) is 48.4 Å². The lowest BCUT2D eigenvalue weighted by Crippen LogP contribution is -2.43. The van der Waals surface area contributed by atoms with Gasteiger partial charge in [0.15, 0.2) is 0 Å². The van der Waals surface area contributed by atoms with Crippen LogP contribution in [0.1, 0.15) is 69.7 Å². The molecule has 5 rings (SSSR count). The van der Waals surface area contributed by atoms with Gasteiger partial charge in [-0.25, -0.2) is 9.48 Å². The first kappa shape index (κ1) is 27.0. The van der Waals surface area contributed by atoms with Crippen molar-refractivity contribution in [3.8, 4) is 5.69 Å². The zero-order chi connectivity index (χ0) is 27.6. The van der Waals surface area contributed by atoms with E-state index in [4.69, 9.17) is 5.10 Å². The summed E-state index contributed by atoms with van der Waals surface area (Å²) in [5, 5.41) is 10.7. The summed E-state index contributed by atoms with van der Waals surface area (Å²) in [7, 11) is 0. The number of nitrogens with one attached hydrogen (secondary N) is 2. The first-order valence-corrected chi connectivity index (χ1v) is 14.3. The molecular weight excluding hydrogens is 486 g/mol. The topological polar surface area (TPSA) is 79.3 Å². The minimum atomic E-state index is -0.306. The summed E-state index contributed by atoms with van der Waals surface area (Å²) in [6, 6.07) is 17.8. The van der Waals surface area contributed by atoms with Crippen LogP contribution in [0.5, 0.6) is 0 Å². The van der Waals surface area contributed by atoms with Gasteiger partial charge in [-0.05, 0) is 74.8 Å². The second-order valence-corrected chi connectivity index (χ2v) is 12.3. The van der Waals surface area contributed by atoms with Crippen LogP contribution in [0, 0.1) is 18.8 Å². The number of aryl methyl sites for hydroxylation is 1. The third-order valence-corrected chi connectivity index (χ3v) is 8.11. The van der Waals surface area contributed by atoms with Crippen molar-refractivity contribution in [2.24, 2.45) is 11.8 Å². The summed E-state index contributed by atoms with van der Waals surface area (Å²) in [5.41, 5.74) is 4.82. The van der Waals surface area contributed by atoms with Crippen molar-refractivity contribution in [3.63, 3.8) is 0 Å². The quantitative estimate of drug-likeness (QED) is 0.374. The number of rotatable bonds is 6. The maximum absolute atomic E-state index is 12.9. The molecule has 1 aliphatic carbocycles. The first-order chi connectivity index (χ1) is 18.7. The highest BCUT2D eigenvalue weighted by Gasteiger charge is 2.31. The van der Waals surface area contributed by atoms with Crippen LogP contribution in [-0.4, -0.2) is 39.7 Å². The Kier molecular flexibility index (Phi) is 7.78. The fraction of sp³-hybridized carbons (Fsp3) is 0.469. The van der Waals surface area contributed by atoms with Gasteiger partial charge in [0.05, 0.1) is 11.4 Å². The molecule has 0 radical (unpaired) electrons. The van der Waals surface area contributed by atoms with Crippen LogP contribution in [0.4, 0.5) is 16.3 Å². The van der Waals surface area contributed by atoms with Crippen molar-refractivity contribution in [2.45, 2.75) is 71.6 Å². The van der Waals surface area contributed by atoms with Crippen LogP contribution >= 0.6 is 0 Å². The van der Waals surface area contributed by atoms with Crippen LogP contribution < -0.4 is 10.6 Å². The number of carbonyl (C=O) groups is 2. The molecule has 2 heterocycles. The van der Waals surface area contributed by atoms with E-state index < -0.39 is 0 Å². The molecule has 1 saturated heterocycles. The zero-order valence-corrected chi connectivity index (χ0v) is 23.7. The van der Waals surface area contributed by atoms with E-state index >= 15 is 0 Å². The van der Waals surface area contributed by atoms with E-state index in [0.717, 1.165) is 62.3 Å². The molecule has 206 valence electrons. The van der Waals surface area contributed by atoms with Crippen LogP contribution in [0.25, 0.3) is 5.69 Å². The Hall–Kier alpha value is -3.61. The van der Waals surface area contributed by atoms with Gasteiger partial charge in [0.25, 0.3) is 0 Å². The summed E-state index contributed by atoms with van der Waals surface area (Å²) in [4.78, 5) is 27.5. The number of nitrogens with zero attached hydrogens (tertiary/aromatic N) is 3. The van der Waals surface area contributed by atoms with Crippen LogP contribution in [-0.2, 0) is 16.6 Å². The van der Waals surface area contributed by atoms with Gasteiger partial charge in [-0.15, -0.1) is 0 Å². The monoisotopic (exact) mass is 527 g/mol. The Labute approximate surface area is 232 Å². The van der Waals surface area contributed by atoms with E-state index in [1.165, 1.54) is 17.5 Å². The van der Waals surface area contributed by atoms with Crippen molar-refractivity contribution in [1.29, 1.82) is 0 Å². The van der Waals surface area contributed by atoms with Crippen LogP contribution in [0.15, 0.2) is 54.6 Å². The predicted octanol–water partition coefficient (Wildman–Crippen LogP) is 6.70. The normalized spacial score (nSPS) is 16.6. The molecule has 1 aliphatic heterocycles. The molecule has 3 amide bonds. The predicted molar refractivity (Wildman–Crippen MR) is 156 cm³/mol. The second kappa shape index (κ2) is 11.2. The van der Waals surface area contributed by atoms with E-state index in [9.17, 15) is 9.59 Å². The van der Waals surface area contributed by atoms with Crippen molar-refractivity contribution in [1.82, 2.24) is 14.7 Å². The average Bonchev–Trinajstić information content (AvgIpc) is 3.29. The number of hydrogen-bond donors (Lipinski definition) is 2. The highest BCUT2D eigenvalue weighted by atomic mass is 16.2. The van der Waals surface area contributed by atoms with Crippen molar-refractivity contribution in [3.05, 3.63) is 71.4 Å². The van der Waals surface area contributed by atoms with E-state index in [0.29, 0.717) is 23.6 Å². The number of hydrogen-bond acceptors (Lipinski definition) is 3. The van der Waals surface area contributed by atoms with Crippen molar-refractivity contribution < 1.29 is 9.59 Å². The third-order valence-electron chi connectivity index (χ3n) is 8.11. The number of piperidine rings is 1. The molecule has 1 saturated carbocycles. The largest absolute Gasteiger partial charge is 0.342 e. The molecule has 7 heteroatoms. The lowest BCUT2D eigenvalue weighted by Gasteiger charge is -2.36. The van der Waals surface area contributed by atoms with E-state index in [-0.39, 0.29) is 11.4 Å². The first-order valence-electron chi connectivity index (χ1n) is 14.3. The van der Waals surface area contributed by atoms with Gasteiger partial charge in [-0.1, -0.05) is 57.0 Å². The molecule has 2 aromatic carbocycles. The number of benzene rings is 2. The SMILES string of the molecule is Cc1ccc(-n2nc(C(C)(C)C)cc2NC(=O)Nc2ccc(CC3CCN(C(=O)C4CCC4)CC3)cc2)cc1. The molecule has 7 nitrogen and oxygen atoms in total. The van der Waals surface area contributed by atoms with Gasteiger partial charge in [-0.2, -0.15) is 5.10 Å². The number of carbonyl (C=O) groups excluding carboxylic acids is 2. The van der Waals surface area contributed by atoms with Crippen LogP contribution in [0.2, 0.25) is 0 Å². The molecule has 0 unspecified atom stereocenters. The fourth-order valence-corrected chi connectivity index (χ4v) is 5.33. The molecule has 39 heavy (non-hydrogen) atoms. The van der Waals surface area contributed by atoms with E-state index in [1.54, 1.807) is 4.68 Å². The number of urea groups is 1. The molecule has 1 aromatic heterocycles. The molecule has 2 N–H and O–H groups in total. The summed E-state index contributed by atoms with van der Waals surface area (Å²) >= 11 is 0. The molecule has 0 bridgehead atoms. The van der Waals surface area contributed by atoms with Gasteiger partial charge in [0, 0.05) is 36.2 Å². The van der Waals surface area contributed by atoms with Crippen molar-refractivity contribution >= 4 is 23.4 Å². The smallest absolute Gasteiger partial charge is 0.324 e. The minimum Gasteiger partial charge on any atom is -0.342 e.